The Morgan fingerprint density at radius 3 is 2.86 bits per heavy atom. The number of unbranched alkanes of at least 4 members (excludes halogenated alkanes) is 1. The smallest absolute Gasteiger partial charge is 0.215 e. The van der Waals surface area contributed by atoms with Crippen LogP contribution in [0.4, 0.5) is 0 Å². The average Bonchev–Trinajstić information content (AvgIpc) is 2.12. The van der Waals surface area contributed by atoms with Crippen molar-refractivity contribution in [3.05, 3.63) is 0 Å². The number of nitrogens with zero attached hydrogens (tertiary/aromatic N) is 1. The van der Waals surface area contributed by atoms with E-state index in [1.165, 1.54) is 0 Å². The quantitative estimate of drug-likeness (QED) is 0.749. The molecule has 1 aliphatic heterocycles. The van der Waals surface area contributed by atoms with Crippen LogP contribution < -0.4 is 5.32 Å². The molecule has 5 heteroatoms. The van der Waals surface area contributed by atoms with E-state index >= 15 is 0 Å². The van der Waals surface area contributed by atoms with Crippen LogP contribution in [0.25, 0.3) is 0 Å². The third-order valence-electron chi connectivity index (χ3n) is 2.45. The van der Waals surface area contributed by atoms with Crippen LogP contribution in [0.15, 0.2) is 0 Å². The third kappa shape index (κ3) is 3.55. The highest BCUT2D eigenvalue weighted by atomic mass is 32.2. The minimum absolute atomic E-state index is 0.247. The molecule has 1 rings (SSSR count). The lowest BCUT2D eigenvalue weighted by molar-refractivity contribution is 0.385. The summed E-state index contributed by atoms with van der Waals surface area (Å²) in [7, 11) is -2.98. The first-order valence-electron chi connectivity index (χ1n) is 5.35. The fraction of sp³-hybridized carbons (Fsp3) is 1.00. The van der Waals surface area contributed by atoms with Gasteiger partial charge in [0.1, 0.15) is 0 Å². The molecule has 4 nitrogen and oxygen atoms in total. The zero-order chi connectivity index (χ0) is 10.4. The monoisotopic (exact) mass is 220 g/mol. The first kappa shape index (κ1) is 11.9. The van der Waals surface area contributed by atoms with Crippen LogP contribution in [0.3, 0.4) is 0 Å². The van der Waals surface area contributed by atoms with Crippen LogP contribution in [0.1, 0.15) is 26.2 Å². The highest BCUT2D eigenvalue weighted by Crippen LogP contribution is 2.06. The van der Waals surface area contributed by atoms with Crippen molar-refractivity contribution in [2.75, 3.05) is 31.9 Å². The molecule has 0 aromatic heterocycles. The number of hydrogen-bond donors (Lipinski definition) is 1. The van der Waals surface area contributed by atoms with Gasteiger partial charge in [-0.25, -0.2) is 12.7 Å². The molecule has 84 valence electrons. The Labute approximate surface area is 86.7 Å². The van der Waals surface area contributed by atoms with Crippen molar-refractivity contribution in [1.29, 1.82) is 0 Å². The Hall–Kier alpha value is -0.130. The summed E-state index contributed by atoms with van der Waals surface area (Å²) in [5, 5.41) is 3.11. The topological polar surface area (TPSA) is 49.4 Å². The zero-order valence-electron chi connectivity index (χ0n) is 8.83. The van der Waals surface area contributed by atoms with Gasteiger partial charge in [0.25, 0.3) is 0 Å². The molecule has 1 aliphatic rings. The lowest BCUT2D eigenvalue weighted by Crippen LogP contribution is -2.41. The molecule has 1 N–H and O–H groups in total. The summed E-state index contributed by atoms with van der Waals surface area (Å²) in [6, 6.07) is 0. The highest BCUT2D eigenvalue weighted by molar-refractivity contribution is 7.89. The van der Waals surface area contributed by atoms with E-state index in [2.05, 4.69) is 12.2 Å². The Morgan fingerprint density at radius 1 is 1.36 bits per heavy atom. The summed E-state index contributed by atoms with van der Waals surface area (Å²) in [6.07, 6.45) is 2.93. The molecule has 0 unspecified atom stereocenters. The van der Waals surface area contributed by atoms with E-state index in [0.29, 0.717) is 19.6 Å². The molecule has 0 aromatic rings. The van der Waals surface area contributed by atoms with E-state index in [9.17, 15) is 8.42 Å². The molecule has 1 saturated heterocycles. The van der Waals surface area contributed by atoms with Gasteiger partial charge in [-0.2, -0.15) is 0 Å². The van der Waals surface area contributed by atoms with E-state index in [4.69, 9.17) is 0 Å². The van der Waals surface area contributed by atoms with E-state index in [1.807, 2.05) is 0 Å². The van der Waals surface area contributed by atoms with E-state index in [-0.39, 0.29) is 5.75 Å². The van der Waals surface area contributed by atoms with Crippen LogP contribution in [-0.2, 0) is 10.0 Å². The van der Waals surface area contributed by atoms with Crippen molar-refractivity contribution in [2.45, 2.75) is 26.2 Å². The molecule has 14 heavy (non-hydrogen) atoms. The second kappa shape index (κ2) is 5.68. The lowest BCUT2D eigenvalue weighted by Gasteiger charge is -2.24. The van der Waals surface area contributed by atoms with Crippen LogP contribution in [0, 0.1) is 0 Å². The maximum absolute atomic E-state index is 11.7. The molecule has 1 heterocycles. The van der Waals surface area contributed by atoms with Gasteiger partial charge in [0.05, 0.1) is 5.75 Å². The fourth-order valence-corrected chi connectivity index (χ4v) is 3.04. The lowest BCUT2D eigenvalue weighted by atomic mass is 10.3. The largest absolute Gasteiger partial charge is 0.316 e. The number of nitrogens with one attached hydrogen (secondary N) is 1. The van der Waals surface area contributed by atoms with Crippen LogP contribution in [0.2, 0.25) is 0 Å². The minimum atomic E-state index is -2.98. The van der Waals surface area contributed by atoms with Crippen molar-refractivity contribution in [2.24, 2.45) is 0 Å². The maximum atomic E-state index is 11.7. The van der Waals surface area contributed by atoms with E-state index in [0.717, 1.165) is 25.8 Å². The number of rotatable bonds is 3. The van der Waals surface area contributed by atoms with E-state index in [1.54, 1.807) is 4.31 Å². The molecule has 0 bridgehead atoms. The summed E-state index contributed by atoms with van der Waals surface area (Å²) < 4.78 is 25.1. The standard InChI is InChI=1S/C9H20N2O2S/c1-2-3-7-11-8-4-5-10-6-9-14(11,12)13/h10H,2-9H2,1H3. The Kier molecular flexibility index (Phi) is 4.84. The second-order valence-corrected chi connectivity index (χ2v) is 5.76. The van der Waals surface area contributed by atoms with Gasteiger partial charge in [-0.05, 0) is 19.4 Å². The van der Waals surface area contributed by atoms with Crippen molar-refractivity contribution in [1.82, 2.24) is 9.62 Å². The normalized spacial score (nSPS) is 24.1. The molecular formula is C9H20N2O2S. The maximum Gasteiger partial charge on any atom is 0.215 e. The van der Waals surface area contributed by atoms with Crippen LogP contribution in [0.5, 0.6) is 0 Å². The minimum Gasteiger partial charge on any atom is -0.316 e. The molecule has 0 atom stereocenters. The summed E-state index contributed by atoms with van der Waals surface area (Å²) >= 11 is 0. The molecule has 0 aliphatic carbocycles. The summed E-state index contributed by atoms with van der Waals surface area (Å²) in [6.45, 7) is 4.97. The first-order chi connectivity index (χ1) is 6.67. The van der Waals surface area contributed by atoms with Crippen molar-refractivity contribution in [3.63, 3.8) is 0 Å². The predicted molar refractivity (Wildman–Crippen MR) is 57.8 cm³/mol. The molecule has 0 aromatic carbocycles. The van der Waals surface area contributed by atoms with Crippen LogP contribution in [-0.4, -0.2) is 44.7 Å². The average molecular weight is 220 g/mol. The van der Waals surface area contributed by atoms with Gasteiger partial charge in [-0.3, -0.25) is 0 Å². The van der Waals surface area contributed by atoms with Crippen molar-refractivity contribution in [3.8, 4) is 0 Å². The van der Waals surface area contributed by atoms with Gasteiger partial charge in [0, 0.05) is 19.6 Å². The van der Waals surface area contributed by atoms with Crippen molar-refractivity contribution < 1.29 is 8.42 Å². The molecule has 0 saturated carbocycles. The van der Waals surface area contributed by atoms with Gasteiger partial charge in [-0.1, -0.05) is 13.3 Å². The Bertz CT molecular complexity index is 250. The van der Waals surface area contributed by atoms with Gasteiger partial charge < -0.3 is 5.32 Å². The Morgan fingerprint density at radius 2 is 2.14 bits per heavy atom. The van der Waals surface area contributed by atoms with Crippen LogP contribution >= 0.6 is 0 Å². The van der Waals surface area contributed by atoms with Gasteiger partial charge in [0.15, 0.2) is 0 Å². The van der Waals surface area contributed by atoms with Gasteiger partial charge in [-0.15, -0.1) is 0 Å². The Balaban J connectivity index is 2.56. The van der Waals surface area contributed by atoms with Gasteiger partial charge >= 0.3 is 0 Å². The fourth-order valence-electron chi connectivity index (χ4n) is 1.56. The number of sulfonamides is 1. The van der Waals surface area contributed by atoms with Crippen molar-refractivity contribution >= 4 is 10.0 Å². The SMILES string of the molecule is CCCCN1CCCNCCS1(=O)=O. The molecule has 1 fully saturated rings. The second-order valence-electron chi connectivity index (χ2n) is 3.67. The molecular weight excluding hydrogens is 200 g/mol. The van der Waals surface area contributed by atoms with E-state index < -0.39 is 10.0 Å². The summed E-state index contributed by atoms with van der Waals surface area (Å²) in [4.78, 5) is 0. The van der Waals surface area contributed by atoms with Gasteiger partial charge in [0.2, 0.25) is 10.0 Å². The zero-order valence-corrected chi connectivity index (χ0v) is 9.65. The summed E-state index contributed by atoms with van der Waals surface area (Å²) in [5.74, 6) is 0.247. The predicted octanol–water partition coefficient (Wildman–Crippen LogP) is 0.412. The first-order valence-corrected chi connectivity index (χ1v) is 6.96. The third-order valence-corrected chi connectivity index (χ3v) is 4.32. The summed E-state index contributed by atoms with van der Waals surface area (Å²) in [5.41, 5.74) is 0. The highest BCUT2D eigenvalue weighted by Gasteiger charge is 2.21. The molecule has 0 spiro atoms. The number of hydrogen-bond acceptors (Lipinski definition) is 3. The molecule has 0 radical (unpaired) electrons. The molecule has 0 amide bonds.